The van der Waals surface area contributed by atoms with Crippen molar-refractivity contribution < 1.29 is 25.9 Å². The first kappa shape index (κ1) is 9.15. The largest absolute Gasteiger partial charge is 0.428 e. The summed E-state index contributed by atoms with van der Waals surface area (Å²) in [4.78, 5) is 7.78. The molecule has 0 rings (SSSR count). The molecule has 0 aliphatic carbocycles. The Kier molecular flexibility index (Phi) is 16.1. The van der Waals surface area contributed by atoms with Gasteiger partial charge in [-0.2, -0.15) is 0 Å². The van der Waals surface area contributed by atoms with Gasteiger partial charge in [0.25, 0.3) is 9.76 Å². The van der Waals surface area contributed by atoms with Crippen molar-refractivity contribution in [1.29, 1.82) is 0 Å². The van der Waals surface area contributed by atoms with Gasteiger partial charge in [0.2, 0.25) is 0 Å². The van der Waals surface area contributed by atoms with E-state index < -0.39 is 0 Å². The summed E-state index contributed by atoms with van der Waals surface area (Å²) in [6.07, 6.45) is 0. The molecular formula is C2H4OPtSi. The van der Waals surface area contributed by atoms with Crippen molar-refractivity contribution in [3.63, 3.8) is 0 Å². The molecule has 5 heavy (non-hydrogen) atoms. The van der Waals surface area contributed by atoms with Crippen LogP contribution in [-0.4, -0.2) is 14.6 Å². The molecule has 3 heteroatoms. The molecule has 0 aromatic heterocycles. The third-order valence-corrected chi connectivity index (χ3v) is 0.274. The average molecular weight is 267 g/mol. The van der Waals surface area contributed by atoms with E-state index >= 15 is 0 Å². The summed E-state index contributed by atoms with van der Waals surface area (Å²) < 4.78 is 0. The quantitative estimate of drug-likeness (QED) is 0.649. The molecule has 0 aromatic rings. The molecule has 0 aliphatic rings. The second-order valence-corrected chi connectivity index (χ2v) is 1.000. The van der Waals surface area contributed by atoms with Crippen molar-refractivity contribution in [1.82, 2.24) is 0 Å². The Balaban J connectivity index is 0. The topological polar surface area (TPSA) is 20.2 Å². The van der Waals surface area contributed by atoms with Crippen LogP contribution < -0.4 is 0 Å². The standard InChI is InChI=1S/C2H4OSi.Pt/c1-2-4-3;/h2-3H,1H2;. The fourth-order valence-corrected chi connectivity index (χ4v) is 0. The van der Waals surface area contributed by atoms with Crippen molar-refractivity contribution in [3.8, 4) is 0 Å². The molecule has 0 fully saturated rings. The van der Waals surface area contributed by atoms with E-state index in [1.165, 1.54) is 5.70 Å². The summed E-state index contributed by atoms with van der Waals surface area (Å²) in [5.74, 6) is 0. The zero-order valence-corrected chi connectivity index (χ0v) is 5.82. The van der Waals surface area contributed by atoms with Crippen LogP contribution in [0.5, 0.6) is 0 Å². The van der Waals surface area contributed by atoms with Crippen molar-refractivity contribution in [2.75, 3.05) is 0 Å². The Bertz CT molecular complexity index is 23.6. The maximum atomic E-state index is 7.78. The zero-order chi connectivity index (χ0) is 3.41. The minimum Gasteiger partial charge on any atom is -0.428 e. The first-order valence-electron chi connectivity index (χ1n) is 0.921. The van der Waals surface area contributed by atoms with E-state index in [9.17, 15) is 0 Å². The van der Waals surface area contributed by atoms with E-state index in [1.807, 2.05) is 0 Å². The first-order chi connectivity index (χ1) is 1.91. The zero-order valence-electron chi connectivity index (χ0n) is 2.55. The molecule has 32 valence electrons. The number of rotatable bonds is 1. The molecule has 0 saturated carbocycles. The SMILES string of the molecule is C=C[Si]O.[Pt]. The van der Waals surface area contributed by atoms with Gasteiger partial charge in [-0.05, 0) is 0 Å². The van der Waals surface area contributed by atoms with E-state index in [0.29, 0.717) is 0 Å². The second kappa shape index (κ2) is 8.82. The summed E-state index contributed by atoms with van der Waals surface area (Å²) in [5, 5.41) is 0. The van der Waals surface area contributed by atoms with E-state index in [-0.39, 0.29) is 30.8 Å². The normalized spacial score (nSPS) is 5.00. The van der Waals surface area contributed by atoms with E-state index in [4.69, 9.17) is 4.80 Å². The van der Waals surface area contributed by atoms with Crippen LogP contribution in [0.25, 0.3) is 0 Å². The first-order valence-corrected chi connectivity index (χ1v) is 1.95. The summed E-state index contributed by atoms with van der Waals surface area (Å²) in [6.45, 7) is 3.24. The molecule has 0 unspecified atom stereocenters. The van der Waals surface area contributed by atoms with Crippen molar-refractivity contribution in [2.45, 2.75) is 0 Å². The molecule has 2 radical (unpaired) electrons. The summed E-state index contributed by atoms with van der Waals surface area (Å²) in [7, 11) is -0.0957. The van der Waals surface area contributed by atoms with Crippen LogP contribution in [0, 0.1) is 0 Å². The van der Waals surface area contributed by atoms with Gasteiger partial charge in [-0.15, -0.1) is 6.58 Å². The van der Waals surface area contributed by atoms with Gasteiger partial charge in [-0.25, -0.2) is 0 Å². The van der Waals surface area contributed by atoms with Crippen LogP contribution in [0.1, 0.15) is 0 Å². The Morgan fingerprint density at radius 2 is 2.00 bits per heavy atom. The summed E-state index contributed by atoms with van der Waals surface area (Å²) >= 11 is 0. The minimum absolute atomic E-state index is 0. The molecule has 0 atom stereocenters. The molecule has 0 amide bonds. The number of hydrogen-bond acceptors (Lipinski definition) is 1. The van der Waals surface area contributed by atoms with Gasteiger partial charge < -0.3 is 4.80 Å². The molecule has 0 saturated heterocycles. The van der Waals surface area contributed by atoms with Gasteiger partial charge in [-0.3, -0.25) is 0 Å². The fraction of sp³-hybridized carbons (Fsp3) is 0. The van der Waals surface area contributed by atoms with Crippen LogP contribution in [0.3, 0.4) is 0 Å². The van der Waals surface area contributed by atoms with Crippen molar-refractivity contribution >= 4 is 9.76 Å². The number of hydrogen-bond donors (Lipinski definition) is 1. The molecule has 0 heterocycles. The Morgan fingerprint density at radius 3 is 2.00 bits per heavy atom. The smallest absolute Gasteiger partial charge is 0.256 e. The van der Waals surface area contributed by atoms with E-state index in [0.717, 1.165) is 0 Å². The van der Waals surface area contributed by atoms with E-state index in [1.54, 1.807) is 0 Å². The third-order valence-electron chi connectivity index (χ3n) is 0.0913. The van der Waals surface area contributed by atoms with Gasteiger partial charge in [0.05, 0.1) is 0 Å². The molecule has 0 spiro atoms. The molecular weight excluding hydrogens is 263 g/mol. The molecule has 1 nitrogen and oxygen atoms in total. The van der Waals surface area contributed by atoms with Gasteiger partial charge in [0, 0.05) is 21.1 Å². The van der Waals surface area contributed by atoms with Gasteiger partial charge in [0.15, 0.2) is 0 Å². The second-order valence-electron chi connectivity index (χ2n) is 0.333. The van der Waals surface area contributed by atoms with Gasteiger partial charge in [-0.1, -0.05) is 5.70 Å². The predicted octanol–water partition coefficient (Wildman–Crippen LogP) is -0.261. The Morgan fingerprint density at radius 1 is 1.80 bits per heavy atom. The van der Waals surface area contributed by atoms with Crippen LogP contribution in [0.4, 0.5) is 0 Å². The Hall–Kier alpha value is 0.605. The molecule has 0 aromatic carbocycles. The minimum atomic E-state index is -0.0957. The fourth-order valence-electron chi connectivity index (χ4n) is 0. The van der Waals surface area contributed by atoms with Gasteiger partial charge >= 0.3 is 0 Å². The van der Waals surface area contributed by atoms with Gasteiger partial charge in [0.1, 0.15) is 0 Å². The van der Waals surface area contributed by atoms with Crippen LogP contribution in [-0.2, 0) is 21.1 Å². The van der Waals surface area contributed by atoms with Crippen LogP contribution >= 0.6 is 0 Å². The van der Waals surface area contributed by atoms with E-state index in [2.05, 4.69) is 6.58 Å². The summed E-state index contributed by atoms with van der Waals surface area (Å²) in [5.41, 5.74) is 1.46. The monoisotopic (exact) mass is 267 g/mol. The maximum Gasteiger partial charge on any atom is 0.256 e. The molecule has 0 aliphatic heterocycles. The van der Waals surface area contributed by atoms with Crippen molar-refractivity contribution in [3.05, 3.63) is 12.3 Å². The third kappa shape index (κ3) is 12.1. The van der Waals surface area contributed by atoms with Crippen LogP contribution in [0.2, 0.25) is 0 Å². The average Bonchev–Trinajstić information content (AvgIpc) is 1.37. The predicted molar refractivity (Wildman–Crippen MR) is 18.2 cm³/mol. The summed E-state index contributed by atoms with van der Waals surface area (Å²) in [6, 6.07) is 0. The molecule has 0 bridgehead atoms. The van der Waals surface area contributed by atoms with Crippen molar-refractivity contribution in [2.24, 2.45) is 0 Å². The Labute approximate surface area is 48.3 Å². The molecule has 1 N–H and O–H groups in total. The van der Waals surface area contributed by atoms with Crippen LogP contribution in [0.15, 0.2) is 12.3 Å². The maximum absolute atomic E-state index is 7.78.